The van der Waals surface area contributed by atoms with Gasteiger partial charge in [0.25, 0.3) is 0 Å². The molecule has 0 spiro atoms. The maximum absolute atomic E-state index is 13.2. The first-order chi connectivity index (χ1) is 6.60. The van der Waals surface area contributed by atoms with Crippen LogP contribution in [0.15, 0.2) is 12.1 Å². The van der Waals surface area contributed by atoms with Crippen molar-refractivity contribution >= 4 is 5.97 Å². The summed E-state index contributed by atoms with van der Waals surface area (Å²) in [7, 11) is 2.66. The number of aryl methyl sites for hydroxylation is 1. The van der Waals surface area contributed by atoms with E-state index in [1.165, 1.54) is 26.4 Å². The summed E-state index contributed by atoms with van der Waals surface area (Å²) in [6.45, 7) is 1.70. The van der Waals surface area contributed by atoms with Crippen molar-refractivity contribution in [2.45, 2.75) is 6.92 Å². The second-order valence-corrected chi connectivity index (χ2v) is 2.79. The normalized spacial score (nSPS) is 9.71. The summed E-state index contributed by atoms with van der Waals surface area (Å²) in [5, 5.41) is 0. The number of esters is 1. The summed E-state index contributed by atoms with van der Waals surface area (Å²) in [6.07, 6.45) is 0. The molecule has 0 saturated carbocycles. The predicted molar refractivity (Wildman–Crippen MR) is 49.0 cm³/mol. The Morgan fingerprint density at radius 1 is 1.36 bits per heavy atom. The van der Waals surface area contributed by atoms with Crippen molar-refractivity contribution in [2.24, 2.45) is 0 Å². The SMILES string of the molecule is COC(=O)c1cc(OC)c(C)cc1F. The minimum absolute atomic E-state index is 0.116. The minimum atomic E-state index is -0.708. The van der Waals surface area contributed by atoms with Crippen LogP contribution < -0.4 is 4.74 Å². The molecule has 0 atom stereocenters. The first-order valence-corrected chi connectivity index (χ1v) is 4.02. The fraction of sp³-hybridized carbons (Fsp3) is 0.300. The number of carbonyl (C=O) groups excluding carboxylic acids is 1. The molecule has 0 fully saturated rings. The van der Waals surface area contributed by atoms with Crippen molar-refractivity contribution < 1.29 is 18.7 Å². The number of halogens is 1. The quantitative estimate of drug-likeness (QED) is 0.681. The van der Waals surface area contributed by atoms with Crippen LogP contribution in [0.25, 0.3) is 0 Å². The lowest BCUT2D eigenvalue weighted by Gasteiger charge is -2.07. The average molecular weight is 198 g/mol. The second kappa shape index (κ2) is 4.09. The van der Waals surface area contributed by atoms with Gasteiger partial charge >= 0.3 is 5.97 Å². The Bertz CT molecular complexity index is 361. The molecule has 0 N–H and O–H groups in total. The van der Waals surface area contributed by atoms with Crippen molar-refractivity contribution in [1.29, 1.82) is 0 Å². The molecule has 0 aliphatic rings. The zero-order valence-corrected chi connectivity index (χ0v) is 8.26. The Morgan fingerprint density at radius 2 is 2.00 bits per heavy atom. The number of carbonyl (C=O) groups is 1. The van der Waals surface area contributed by atoms with Crippen molar-refractivity contribution in [1.82, 2.24) is 0 Å². The van der Waals surface area contributed by atoms with Gasteiger partial charge in [-0.2, -0.15) is 0 Å². The monoisotopic (exact) mass is 198 g/mol. The van der Waals surface area contributed by atoms with Crippen molar-refractivity contribution in [2.75, 3.05) is 14.2 Å². The molecule has 76 valence electrons. The summed E-state index contributed by atoms with van der Waals surface area (Å²) < 4.78 is 22.6. The van der Waals surface area contributed by atoms with Crippen LogP contribution in [-0.2, 0) is 4.74 Å². The number of methoxy groups -OCH3 is 2. The molecule has 0 aliphatic heterocycles. The highest BCUT2D eigenvalue weighted by atomic mass is 19.1. The van der Waals surface area contributed by atoms with E-state index in [1.54, 1.807) is 6.92 Å². The molecular weight excluding hydrogens is 187 g/mol. The molecule has 0 aromatic heterocycles. The molecule has 1 aromatic carbocycles. The van der Waals surface area contributed by atoms with Gasteiger partial charge in [-0.1, -0.05) is 0 Å². The molecule has 14 heavy (non-hydrogen) atoms. The molecule has 0 heterocycles. The van der Waals surface area contributed by atoms with Crippen LogP contribution in [0.2, 0.25) is 0 Å². The summed E-state index contributed by atoms with van der Waals surface area (Å²) in [4.78, 5) is 11.1. The number of rotatable bonds is 2. The topological polar surface area (TPSA) is 35.5 Å². The van der Waals surface area contributed by atoms with Crippen molar-refractivity contribution in [3.05, 3.63) is 29.1 Å². The summed E-state index contributed by atoms with van der Waals surface area (Å²) in [6, 6.07) is 2.57. The molecule has 1 aromatic rings. The highest BCUT2D eigenvalue weighted by Gasteiger charge is 2.14. The third-order valence-corrected chi connectivity index (χ3v) is 1.89. The smallest absolute Gasteiger partial charge is 0.340 e. The predicted octanol–water partition coefficient (Wildman–Crippen LogP) is 1.93. The Morgan fingerprint density at radius 3 is 2.50 bits per heavy atom. The van der Waals surface area contributed by atoms with E-state index in [-0.39, 0.29) is 5.56 Å². The zero-order valence-electron chi connectivity index (χ0n) is 8.26. The Labute approximate surface area is 81.4 Å². The summed E-state index contributed by atoms with van der Waals surface area (Å²) >= 11 is 0. The van der Waals surface area contributed by atoms with Crippen LogP contribution in [0.3, 0.4) is 0 Å². The van der Waals surface area contributed by atoms with Crippen LogP contribution in [0, 0.1) is 12.7 Å². The molecule has 0 amide bonds. The molecule has 0 radical (unpaired) electrons. The standard InChI is InChI=1S/C10H11FO3/c1-6-4-8(11)7(10(12)14-3)5-9(6)13-2/h4-5H,1-3H3. The lowest BCUT2D eigenvalue weighted by molar-refractivity contribution is 0.0595. The zero-order chi connectivity index (χ0) is 10.7. The van der Waals surface area contributed by atoms with Gasteiger partial charge in [-0.05, 0) is 24.6 Å². The van der Waals surface area contributed by atoms with E-state index >= 15 is 0 Å². The largest absolute Gasteiger partial charge is 0.496 e. The van der Waals surface area contributed by atoms with Crippen LogP contribution in [-0.4, -0.2) is 20.2 Å². The maximum atomic E-state index is 13.2. The molecule has 0 bridgehead atoms. The van der Waals surface area contributed by atoms with Gasteiger partial charge in [0, 0.05) is 0 Å². The minimum Gasteiger partial charge on any atom is -0.496 e. The fourth-order valence-corrected chi connectivity index (χ4v) is 1.14. The van der Waals surface area contributed by atoms with Crippen molar-refractivity contribution in [3.63, 3.8) is 0 Å². The van der Waals surface area contributed by atoms with Gasteiger partial charge in [0.15, 0.2) is 0 Å². The van der Waals surface area contributed by atoms with Crippen LogP contribution >= 0.6 is 0 Å². The number of hydrogen-bond donors (Lipinski definition) is 0. The second-order valence-electron chi connectivity index (χ2n) is 2.79. The Hall–Kier alpha value is -1.58. The van der Waals surface area contributed by atoms with E-state index in [4.69, 9.17) is 4.74 Å². The van der Waals surface area contributed by atoms with E-state index in [1.807, 2.05) is 0 Å². The molecule has 1 rings (SSSR count). The van der Waals surface area contributed by atoms with Gasteiger partial charge in [0.05, 0.1) is 19.8 Å². The van der Waals surface area contributed by atoms with Gasteiger partial charge < -0.3 is 9.47 Å². The lowest BCUT2D eigenvalue weighted by Crippen LogP contribution is -2.05. The first kappa shape index (κ1) is 10.5. The van der Waals surface area contributed by atoms with Gasteiger partial charge in [-0.3, -0.25) is 0 Å². The van der Waals surface area contributed by atoms with Gasteiger partial charge in [-0.15, -0.1) is 0 Å². The maximum Gasteiger partial charge on any atom is 0.340 e. The molecular formula is C10H11FO3. The third-order valence-electron chi connectivity index (χ3n) is 1.89. The van der Waals surface area contributed by atoms with E-state index in [9.17, 15) is 9.18 Å². The molecule has 0 saturated heterocycles. The highest BCUT2D eigenvalue weighted by Crippen LogP contribution is 2.22. The highest BCUT2D eigenvalue weighted by molar-refractivity contribution is 5.90. The number of benzene rings is 1. The van der Waals surface area contributed by atoms with E-state index in [2.05, 4.69) is 4.74 Å². The summed E-state index contributed by atoms with van der Waals surface area (Å²) in [5.41, 5.74) is 0.521. The average Bonchev–Trinajstić information content (AvgIpc) is 2.17. The molecule has 4 heteroatoms. The molecule has 3 nitrogen and oxygen atoms in total. The third kappa shape index (κ3) is 1.84. The van der Waals surface area contributed by atoms with Gasteiger partial charge in [0.2, 0.25) is 0 Å². The van der Waals surface area contributed by atoms with Gasteiger partial charge in [-0.25, -0.2) is 9.18 Å². The van der Waals surface area contributed by atoms with Crippen LogP contribution in [0.1, 0.15) is 15.9 Å². The Balaban J connectivity index is 3.24. The van der Waals surface area contributed by atoms with Crippen LogP contribution in [0.5, 0.6) is 5.75 Å². The molecule has 0 unspecified atom stereocenters. The van der Waals surface area contributed by atoms with E-state index < -0.39 is 11.8 Å². The number of hydrogen-bond acceptors (Lipinski definition) is 3. The number of ether oxygens (including phenoxy) is 2. The van der Waals surface area contributed by atoms with Crippen LogP contribution in [0.4, 0.5) is 4.39 Å². The Kier molecular flexibility index (Phi) is 3.06. The van der Waals surface area contributed by atoms with Gasteiger partial charge in [0.1, 0.15) is 11.6 Å². The fourth-order valence-electron chi connectivity index (χ4n) is 1.14. The lowest BCUT2D eigenvalue weighted by atomic mass is 10.1. The summed E-state index contributed by atoms with van der Waals surface area (Å²) in [5.74, 6) is -0.845. The van der Waals surface area contributed by atoms with E-state index in [0.29, 0.717) is 11.3 Å². The van der Waals surface area contributed by atoms with Crippen molar-refractivity contribution in [3.8, 4) is 5.75 Å². The van der Waals surface area contributed by atoms with E-state index in [0.717, 1.165) is 0 Å². The first-order valence-electron chi connectivity index (χ1n) is 4.02. The molecule has 0 aliphatic carbocycles.